The van der Waals surface area contributed by atoms with Gasteiger partial charge < -0.3 is 9.84 Å². The fourth-order valence-electron chi connectivity index (χ4n) is 3.31. The maximum Gasteiger partial charge on any atom is 0.243 e. The number of hydrogen-bond acceptors (Lipinski definition) is 5. The van der Waals surface area contributed by atoms with Crippen LogP contribution in [0.4, 0.5) is 0 Å². The number of sulfonamides is 1. The molecule has 7 heteroatoms. The van der Waals surface area contributed by atoms with E-state index in [0.717, 1.165) is 18.7 Å². The largest absolute Gasteiger partial charge is 0.387 e. The topological polar surface area (TPSA) is 70.1 Å². The zero-order chi connectivity index (χ0) is 16.5. The molecule has 2 saturated heterocycles. The second-order valence-electron chi connectivity index (χ2n) is 6.47. The van der Waals surface area contributed by atoms with E-state index in [4.69, 9.17) is 4.74 Å². The van der Waals surface area contributed by atoms with Crippen LogP contribution in [-0.4, -0.2) is 74.3 Å². The lowest BCUT2D eigenvalue weighted by molar-refractivity contribution is -0.0239. The van der Waals surface area contributed by atoms with Gasteiger partial charge in [-0.25, -0.2) is 8.42 Å². The Morgan fingerprint density at radius 3 is 2.61 bits per heavy atom. The first-order valence-corrected chi connectivity index (χ1v) is 9.43. The van der Waals surface area contributed by atoms with Gasteiger partial charge in [0.1, 0.15) is 0 Å². The van der Waals surface area contributed by atoms with Crippen molar-refractivity contribution in [3.05, 3.63) is 29.8 Å². The van der Waals surface area contributed by atoms with Crippen LogP contribution >= 0.6 is 0 Å². The predicted octanol–water partition coefficient (Wildman–Crippen LogP) is 0.453. The number of nitrogens with zero attached hydrogens (tertiary/aromatic N) is 2. The summed E-state index contributed by atoms with van der Waals surface area (Å²) in [5.74, 6) is 0. The molecule has 0 unspecified atom stereocenters. The van der Waals surface area contributed by atoms with E-state index in [1.54, 1.807) is 25.1 Å². The third-order valence-corrected chi connectivity index (χ3v) is 6.64. The number of aryl methyl sites for hydroxylation is 1. The minimum absolute atomic E-state index is 0.154. The van der Waals surface area contributed by atoms with E-state index in [1.807, 2.05) is 6.07 Å². The molecule has 2 fully saturated rings. The molecule has 0 aliphatic carbocycles. The van der Waals surface area contributed by atoms with Gasteiger partial charge in [0.25, 0.3) is 0 Å². The van der Waals surface area contributed by atoms with Crippen molar-refractivity contribution < 1.29 is 18.3 Å². The van der Waals surface area contributed by atoms with Gasteiger partial charge in [0, 0.05) is 32.7 Å². The van der Waals surface area contributed by atoms with Crippen molar-refractivity contribution in [2.45, 2.75) is 23.8 Å². The number of hydrogen-bond donors (Lipinski definition) is 1. The molecule has 2 aliphatic heterocycles. The summed E-state index contributed by atoms with van der Waals surface area (Å²) in [6, 6.07) is 6.98. The van der Waals surface area contributed by atoms with Gasteiger partial charge in [-0.3, -0.25) is 4.90 Å². The van der Waals surface area contributed by atoms with Gasteiger partial charge in [0.2, 0.25) is 10.0 Å². The van der Waals surface area contributed by atoms with Crippen LogP contribution in [0.1, 0.15) is 12.0 Å². The fourth-order valence-corrected chi connectivity index (χ4v) is 5.06. The number of rotatable bonds is 4. The number of ether oxygens (including phenoxy) is 1. The van der Waals surface area contributed by atoms with E-state index in [0.29, 0.717) is 37.6 Å². The Kier molecular flexibility index (Phi) is 4.75. The maximum absolute atomic E-state index is 12.8. The molecule has 1 aromatic rings. The molecule has 128 valence electrons. The van der Waals surface area contributed by atoms with Crippen LogP contribution in [0.3, 0.4) is 0 Å². The third-order valence-electron chi connectivity index (χ3n) is 4.63. The van der Waals surface area contributed by atoms with Gasteiger partial charge in [-0.15, -0.1) is 0 Å². The van der Waals surface area contributed by atoms with E-state index in [2.05, 4.69) is 4.90 Å². The highest BCUT2D eigenvalue weighted by atomic mass is 32.2. The molecule has 1 atom stereocenters. The minimum Gasteiger partial charge on any atom is -0.387 e. The summed E-state index contributed by atoms with van der Waals surface area (Å²) in [6.07, 6.45) is 0.468. The first-order valence-electron chi connectivity index (χ1n) is 7.99. The Labute approximate surface area is 137 Å². The Morgan fingerprint density at radius 1 is 1.22 bits per heavy atom. The van der Waals surface area contributed by atoms with E-state index in [-0.39, 0.29) is 6.54 Å². The molecule has 0 aromatic heterocycles. The highest BCUT2D eigenvalue weighted by Crippen LogP contribution is 2.29. The number of morpholine rings is 1. The maximum atomic E-state index is 12.8. The summed E-state index contributed by atoms with van der Waals surface area (Å²) in [5, 5.41) is 10.8. The Hall–Kier alpha value is -0.990. The van der Waals surface area contributed by atoms with Crippen LogP contribution in [0.15, 0.2) is 29.2 Å². The van der Waals surface area contributed by atoms with Crippen LogP contribution in [0.25, 0.3) is 0 Å². The second kappa shape index (κ2) is 6.49. The van der Waals surface area contributed by atoms with Crippen molar-refractivity contribution in [1.29, 1.82) is 0 Å². The average Bonchev–Trinajstić information content (AvgIpc) is 2.91. The van der Waals surface area contributed by atoms with E-state index >= 15 is 0 Å². The molecule has 0 spiro atoms. The molecule has 2 aliphatic rings. The fraction of sp³-hybridized carbons (Fsp3) is 0.625. The molecule has 0 bridgehead atoms. The molecule has 2 heterocycles. The van der Waals surface area contributed by atoms with Crippen molar-refractivity contribution in [2.75, 3.05) is 45.9 Å². The van der Waals surface area contributed by atoms with E-state index in [1.165, 1.54) is 4.31 Å². The van der Waals surface area contributed by atoms with Gasteiger partial charge in [-0.1, -0.05) is 18.2 Å². The zero-order valence-corrected chi connectivity index (χ0v) is 14.3. The van der Waals surface area contributed by atoms with Gasteiger partial charge in [-0.2, -0.15) is 4.31 Å². The van der Waals surface area contributed by atoms with Gasteiger partial charge in [0.05, 0.1) is 23.7 Å². The van der Waals surface area contributed by atoms with Crippen LogP contribution in [0.2, 0.25) is 0 Å². The van der Waals surface area contributed by atoms with Gasteiger partial charge >= 0.3 is 0 Å². The summed E-state index contributed by atoms with van der Waals surface area (Å²) in [4.78, 5) is 2.48. The predicted molar refractivity (Wildman–Crippen MR) is 86.8 cm³/mol. The highest BCUT2D eigenvalue weighted by Gasteiger charge is 2.43. The molecule has 23 heavy (non-hydrogen) atoms. The summed E-state index contributed by atoms with van der Waals surface area (Å²) < 4.78 is 32.4. The summed E-state index contributed by atoms with van der Waals surface area (Å²) in [5.41, 5.74) is -0.247. The van der Waals surface area contributed by atoms with E-state index in [9.17, 15) is 13.5 Å². The summed E-state index contributed by atoms with van der Waals surface area (Å²) in [7, 11) is -3.55. The normalized spacial score (nSPS) is 27.4. The molecule has 0 amide bonds. The van der Waals surface area contributed by atoms with E-state index < -0.39 is 15.6 Å². The molecular weight excluding hydrogens is 316 g/mol. The van der Waals surface area contributed by atoms with Crippen molar-refractivity contribution in [3.63, 3.8) is 0 Å². The lowest BCUT2D eigenvalue weighted by Crippen LogP contribution is -2.49. The second-order valence-corrected chi connectivity index (χ2v) is 8.37. The van der Waals surface area contributed by atoms with Gasteiger partial charge in [0.15, 0.2) is 0 Å². The van der Waals surface area contributed by atoms with Crippen molar-refractivity contribution in [3.8, 4) is 0 Å². The highest BCUT2D eigenvalue weighted by molar-refractivity contribution is 7.89. The summed E-state index contributed by atoms with van der Waals surface area (Å²) in [6.45, 7) is 5.71. The third kappa shape index (κ3) is 3.59. The van der Waals surface area contributed by atoms with Crippen LogP contribution in [0, 0.1) is 6.92 Å². The number of benzene rings is 1. The standard InChI is InChI=1S/C16H24N2O4S/c1-14-4-2-3-5-15(14)23(20,21)18-7-6-16(19,13-18)12-17-8-10-22-11-9-17/h2-5,19H,6-13H2,1H3/t16-/m0/s1. The Morgan fingerprint density at radius 2 is 1.91 bits per heavy atom. The molecular formula is C16H24N2O4S. The molecule has 0 radical (unpaired) electrons. The van der Waals surface area contributed by atoms with Crippen molar-refractivity contribution in [1.82, 2.24) is 9.21 Å². The molecule has 6 nitrogen and oxygen atoms in total. The van der Waals surface area contributed by atoms with Crippen LogP contribution in [-0.2, 0) is 14.8 Å². The average molecular weight is 340 g/mol. The molecule has 1 aromatic carbocycles. The lowest BCUT2D eigenvalue weighted by atomic mass is 10.0. The SMILES string of the molecule is Cc1ccccc1S(=O)(=O)N1CC[C@](O)(CN2CCOCC2)C1. The lowest BCUT2D eigenvalue weighted by Gasteiger charge is -2.33. The molecule has 1 N–H and O–H groups in total. The van der Waals surface area contributed by atoms with Crippen molar-refractivity contribution >= 4 is 10.0 Å². The summed E-state index contributed by atoms with van der Waals surface area (Å²) >= 11 is 0. The number of aliphatic hydroxyl groups is 1. The minimum atomic E-state index is -3.55. The Balaban J connectivity index is 1.72. The smallest absolute Gasteiger partial charge is 0.243 e. The first-order chi connectivity index (χ1) is 10.9. The van der Waals surface area contributed by atoms with Gasteiger partial charge in [-0.05, 0) is 25.0 Å². The van der Waals surface area contributed by atoms with Crippen LogP contribution in [0.5, 0.6) is 0 Å². The monoisotopic (exact) mass is 340 g/mol. The van der Waals surface area contributed by atoms with Crippen molar-refractivity contribution in [2.24, 2.45) is 0 Å². The van der Waals surface area contributed by atoms with Crippen LogP contribution < -0.4 is 0 Å². The molecule has 3 rings (SSSR count). The first kappa shape index (κ1) is 16.9. The quantitative estimate of drug-likeness (QED) is 0.862. The molecule has 0 saturated carbocycles. The number of β-amino-alcohol motifs (C(OH)–C–C–N with tert-alkyl or cyclic N) is 1. The Bertz CT molecular complexity index is 658. The zero-order valence-electron chi connectivity index (χ0n) is 13.4.